The van der Waals surface area contributed by atoms with Crippen molar-refractivity contribution in [1.82, 2.24) is 5.32 Å². The summed E-state index contributed by atoms with van der Waals surface area (Å²) >= 11 is 0. The zero-order chi connectivity index (χ0) is 12.9. The largest absolute Gasteiger partial charge is 0.310 e. The molecule has 0 aromatic heterocycles. The van der Waals surface area contributed by atoms with Crippen molar-refractivity contribution in [3.8, 4) is 0 Å². The summed E-state index contributed by atoms with van der Waals surface area (Å²) in [4.78, 5) is 0. The molecule has 0 bridgehead atoms. The Hall–Kier alpha value is -0.603. The second-order valence-corrected chi connectivity index (χ2v) is 10.9. The number of rotatable bonds is 6. The zero-order valence-electron chi connectivity index (χ0n) is 12.0. The third-order valence-electron chi connectivity index (χ3n) is 3.40. The fraction of sp³-hybridized carbons (Fsp3) is 0.600. The molecule has 0 aliphatic carbocycles. The van der Waals surface area contributed by atoms with E-state index in [-0.39, 0.29) is 0 Å². The average Bonchev–Trinajstić information content (AvgIpc) is 2.30. The first-order valence-corrected chi connectivity index (χ1v) is 10.3. The minimum atomic E-state index is -1.14. The van der Waals surface area contributed by atoms with E-state index < -0.39 is 8.07 Å². The average molecular weight is 249 g/mol. The van der Waals surface area contributed by atoms with Crippen LogP contribution in [0.4, 0.5) is 0 Å². The molecule has 0 saturated carbocycles. The van der Waals surface area contributed by atoms with Crippen molar-refractivity contribution in [2.45, 2.75) is 58.9 Å². The van der Waals surface area contributed by atoms with E-state index in [1.807, 2.05) is 0 Å². The maximum absolute atomic E-state index is 3.60. The van der Waals surface area contributed by atoms with E-state index in [2.05, 4.69) is 63.1 Å². The van der Waals surface area contributed by atoms with Gasteiger partial charge in [-0.2, -0.15) is 0 Å². The predicted octanol–water partition coefficient (Wildman–Crippen LogP) is 3.51. The summed E-state index contributed by atoms with van der Waals surface area (Å²) in [6.45, 7) is 12.7. The lowest BCUT2D eigenvalue weighted by atomic mass is 10.1. The molecule has 0 aliphatic rings. The molecule has 17 heavy (non-hydrogen) atoms. The molecule has 0 radical (unpaired) electrons. The number of hydrogen-bond acceptors (Lipinski definition) is 1. The van der Waals surface area contributed by atoms with Crippen LogP contribution in [-0.4, -0.2) is 14.1 Å². The minimum absolute atomic E-state index is 0.659. The second-order valence-electron chi connectivity index (χ2n) is 5.84. The van der Waals surface area contributed by atoms with Crippen molar-refractivity contribution in [3.63, 3.8) is 0 Å². The van der Waals surface area contributed by atoms with E-state index in [9.17, 15) is 0 Å². The first kappa shape index (κ1) is 14.5. The predicted molar refractivity (Wildman–Crippen MR) is 80.6 cm³/mol. The second kappa shape index (κ2) is 6.36. The molecular formula is C15H27NSi. The zero-order valence-corrected chi connectivity index (χ0v) is 13.0. The summed E-state index contributed by atoms with van der Waals surface area (Å²) in [7, 11) is -1.14. The smallest absolute Gasteiger partial charge is 0.0775 e. The first-order valence-electron chi connectivity index (χ1n) is 6.80. The van der Waals surface area contributed by atoms with Gasteiger partial charge in [0.25, 0.3) is 0 Å². The van der Waals surface area contributed by atoms with E-state index in [0.29, 0.717) is 6.04 Å². The summed E-state index contributed by atoms with van der Waals surface area (Å²) in [6, 6.07) is 9.85. The Labute approximate surface area is 108 Å². The van der Waals surface area contributed by atoms with Crippen molar-refractivity contribution in [1.29, 1.82) is 0 Å². The summed E-state index contributed by atoms with van der Waals surface area (Å²) < 4.78 is 0. The van der Waals surface area contributed by atoms with Crippen LogP contribution in [0, 0.1) is 0 Å². The highest BCUT2D eigenvalue weighted by Gasteiger charge is 2.15. The van der Waals surface area contributed by atoms with Crippen LogP contribution in [0.25, 0.3) is 0 Å². The number of hydrogen-bond donors (Lipinski definition) is 1. The monoisotopic (exact) mass is 249 g/mol. The van der Waals surface area contributed by atoms with Gasteiger partial charge < -0.3 is 5.32 Å². The molecule has 2 heteroatoms. The quantitative estimate of drug-likeness (QED) is 0.761. The molecule has 1 nitrogen and oxygen atoms in total. The number of benzene rings is 1. The maximum Gasteiger partial charge on any atom is 0.0775 e. The summed E-state index contributed by atoms with van der Waals surface area (Å²) in [5, 5.41) is 5.15. The van der Waals surface area contributed by atoms with E-state index in [4.69, 9.17) is 0 Å². The van der Waals surface area contributed by atoms with Crippen LogP contribution in [0.1, 0.15) is 32.3 Å². The Morgan fingerprint density at radius 2 is 1.53 bits per heavy atom. The molecule has 96 valence electrons. The van der Waals surface area contributed by atoms with Gasteiger partial charge in [0.1, 0.15) is 0 Å². The highest BCUT2D eigenvalue weighted by atomic mass is 28.3. The molecule has 0 atom stereocenters. The Kier molecular flexibility index (Phi) is 5.41. The molecule has 0 amide bonds. The van der Waals surface area contributed by atoms with E-state index in [1.165, 1.54) is 18.4 Å². The lowest BCUT2D eigenvalue weighted by Crippen LogP contribution is -2.37. The van der Waals surface area contributed by atoms with Crippen LogP contribution in [0.2, 0.25) is 19.6 Å². The highest BCUT2D eigenvalue weighted by molar-refractivity contribution is 6.88. The van der Waals surface area contributed by atoms with Crippen molar-refractivity contribution in [2.75, 3.05) is 0 Å². The first-order chi connectivity index (χ1) is 7.97. The molecular weight excluding hydrogens is 222 g/mol. The van der Waals surface area contributed by atoms with Gasteiger partial charge in [0, 0.05) is 12.6 Å². The van der Waals surface area contributed by atoms with Crippen LogP contribution >= 0.6 is 0 Å². The topological polar surface area (TPSA) is 12.0 Å². The molecule has 0 heterocycles. The Balaban J connectivity index is 2.57. The van der Waals surface area contributed by atoms with Gasteiger partial charge in [-0.05, 0) is 18.4 Å². The van der Waals surface area contributed by atoms with Crippen molar-refractivity contribution < 1.29 is 0 Å². The Morgan fingerprint density at radius 3 is 1.94 bits per heavy atom. The highest BCUT2D eigenvalue weighted by Crippen LogP contribution is 2.05. The van der Waals surface area contributed by atoms with Crippen molar-refractivity contribution in [3.05, 3.63) is 29.8 Å². The van der Waals surface area contributed by atoms with Crippen molar-refractivity contribution >= 4 is 13.3 Å². The van der Waals surface area contributed by atoms with Crippen LogP contribution in [0.3, 0.4) is 0 Å². The van der Waals surface area contributed by atoms with Gasteiger partial charge >= 0.3 is 0 Å². The summed E-state index contributed by atoms with van der Waals surface area (Å²) in [6.07, 6.45) is 2.42. The Bertz CT molecular complexity index is 320. The van der Waals surface area contributed by atoms with Crippen LogP contribution in [-0.2, 0) is 6.54 Å². The third kappa shape index (κ3) is 4.64. The Morgan fingerprint density at radius 1 is 1.00 bits per heavy atom. The maximum atomic E-state index is 3.60. The van der Waals surface area contributed by atoms with Gasteiger partial charge in [0.15, 0.2) is 0 Å². The van der Waals surface area contributed by atoms with Gasteiger partial charge in [-0.1, -0.05) is 62.9 Å². The SMILES string of the molecule is CCC(CC)NCc1ccc([Si](C)(C)C)cc1. The molecule has 0 aliphatic heterocycles. The lowest BCUT2D eigenvalue weighted by molar-refractivity contribution is 0.484. The normalized spacial score (nSPS) is 12.1. The van der Waals surface area contributed by atoms with Crippen LogP contribution < -0.4 is 10.5 Å². The molecule has 1 aromatic rings. The van der Waals surface area contributed by atoms with E-state index >= 15 is 0 Å². The minimum Gasteiger partial charge on any atom is -0.310 e. The van der Waals surface area contributed by atoms with Gasteiger partial charge in [-0.25, -0.2) is 0 Å². The van der Waals surface area contributed by atoms with Crippen LogP contribution in [0.15, 0.2) is 24.3 Å². The summed E-state index contributed by atoms with van der Waals surface area (Å²) in [5.41, 5.74) is 1.40. The standard InChI is InChI=1S/C15H27NSi/c1-6-14(7-2)16-12-13-8-10-15(11-9-13)17(3,4)5/h8-11,14,16H,6-7,12H2,1-5H3. The van der Waals surface area contributed by atoms with Crippen molar-refractivity contribution in [2.24, 2.45) is 0 Å². The van der Waals surface area contributed by atoms with Gasteiger partial charge in [-0.15, -0.1) is 0 Å². The third-order valence-corrected chi connectivity index (χ3v) is 5.47. The number of nitrogens with one attached hydrogen (secondary N) is 1. The van der Waals surface area contributed by atoms with Gasteiger partial charge in [0.05, 0.1) is 8.07 Å². The van der Waals surface area contributed by atoms with Gasteiger partial charge in [-0.3, -0.25) is 0 Å². The molecule has 1 N–H and O–H groups in total. The molecule has 1 aromatic carbocycles. The molecule has 0 fully saturated rings. The lowest BCUT2D eigenvalue weighted by Gasteiger charge is -2.18. The van der Waals surface area contributed by atoms with E-state index in [0.717, 1.165) is 6.54 Å². The van der Waals surface area contributed by atoms with E-state index in [1.54, 1.807) is 5.19 Å². The molecule has 0 unspecified atom stereocenters. The van der Waals surface area contributed by atoms with Gasteiger partial charge in [0.2, 0.25) is 0 Å². The molecule has 1 rings (SSSR count). The summed E-state index contributed by atoms with van der Waals surface area (Å²) in [5.74, 6) is 0. The fourth-order valence-electron chi connectivity index (χ4n) is 1.96. The molecule has 0 saturated heterocycles. The molecule has 0 spiro atoms. The van der Waals surface area contributed by atoms with Crippen LogP contribution in [0.5, 0.6) is 0 Å². The fourth-order valence-corrected chi connectivity index (χ4v) is 3.13.